The van der Waals surface area contributed by atoms with Gasteiger partial charge < -0.3 is 15.0 Å². The number of thiazole rings is 1. The van der Waals surface area contributed by atoms with Crippen LogP contribution in [0.1, 0.15) is 37.0 Å². The fraction of sp³-hybridized carbons (Fsp3) is 0.474. The van der Waals surface area contributed by atoms with E-state index in [-0.39, 0.29) is 30.1 Å². The van der Waals surface area contributed by atoms with E-state index < -0.39 is 0 Å². The largest absolute Gasteiger partial charge is 0.491 e. The first-order chi connectivity index (χ1) is 12.0. The summed E-state index contributed by atoms with van der Waals surface area (Å²) >= 11 is 1.68. The fourth-order valence-electron chi connectivity index (χ4n) is 2.38. The molecule has 0 fully saturated rings. The second-order valence-corrected chi connectivity index (χ2v) is 7.26. The zero-order valence-corrected chi connectivity index (χ0v) is 19.3. The highest BCUT2D eigenvalue weighted by atomic mass is 127. The highest BCUT2D eigenvalue weighted by molar-refractivity contribution is 14.0. The van der Waals surface area contributed by atoms with Gasteiger partial charge in [0.15, 0.2) is 5.96 Å². The summed E-state index contributed by atoms with van der Waals surface area (Å²) in [7, 11) is 2.04. The second kappa shape index (κ2) is 11.4. The van der Waals surface area contributed by atoms with Gasteiger partial charge in [-0.1, -0.05) is 12.1 Å². The topological polar surface area (TPSA) is 49.8 Å². The van der Waals surface area contributed by atoms with Crippen LogP contribution in [0.15, 0.2) is 34.6 Å². The Labute approximate surface area is 177 Å². The zero-order valence-electron chi connectivity index (χ0n) is 16.2. The van der Waals surface area contributed by atoms with E-state index >= 15 is 0 Å². The molecule has 26 heavy (non-hydrogen) atoms. The molecule has 0 spiro atoms. The maximum atomic E-state index is 5.68. The van der Waals surface area contributed by atoms with Gasteiger partial charge in [0.2, 0.25) is 0 Å². The van der Waals surface area contributed by atoms with Crippen LogP contribution in [0.25, 0.3) is 0 Å². The lowest BCUT2D eigenvalue weighted by atomic mass is 10.2. The van der Waals surface area contributed by atoms with Crippen molar-refractivity contribution in [3.63, 3.8) is 0 Å². The number of ether oxygens (including phenoxy) is 1. The summed E-state index contributed by atoms with van der Waals surface area (Å²) in [6.45, 7) is 10.4. The van der Waals surface area contributed by atoms with Gasteiger partial charge in [-0.3, -0.25) is 0 Å². The molecule has 0 saturated heterocycles. The number of hydrogen-bond acceptors (Lipinski definition) is 4. The highest BCUT2D eigenvalue weighted by Gasteiger charge is 2.08. The average molecular weight is 488 g/mol. The summed E-state index contributed by atoms with van der Waals surface area (Å²) in [5, 5.41) is 6.54. The second-order valence-electron chi connectivity index (χ2n) is 6.19. The van der Waals surface area contributed by atoms with Crippen molar-refractivity contribution >= 4 is 41.3 Å². The maximum absolute atomic E-state index is 5.68. The van der Waals surface area contributed by atoms with E-state index in [2.05, 4.69) is 39.6 Å². The van der Waals surface area contributed by atoms with Gasteiger partial charge in [0.1, 0.15) is 5.75 Å². The molecule has 0 aliphatic rings. The Morgan fingerprint density at radius 3 is 2.54 bits per heavy atom. The number of aryl methyl sites for hydroxylation is 1. The molecule has 5 nitrogen and oxygen atoms in total. The van der Waals surface area contributed by atoms with Crippen LogP contribution < -0.4 is 10.1 Å². The number of guanidine groups is 1. The Hall–Kier alpha value is -1.35. The number of aromatic nitrogens is 1. The number of aliphatic imine (C=N–C) groups is 1. The summed E-state index contributed by atoms with van der Waals surface area (Å²) in [5.41, 5.74) is 2.23. The van der Waals surface area contributed by atoms with Crippen molar-refractivity contribution in [2.75, 3.05) is 13.6 Å². The molecule has 1 N–H and O–H groups in total. The summed E-state index contributed by atoms with van der Waals surface area (Å²) in [5.74, 6) is 1.78. The van der Waals surface area contributed by atoms with Gasteiger partial charge in [-0.15, -0.1) is 35.3 Å². The van der Waals surface area contributed by atoms with E-state index in [1.165, 1.54) is 0 Å². The minimum absolute atomic E-state index is 0. The fourth-order valence-corrected chi connectivity index (χ4v) is 2.98. The monoisotopic (exact) mass is 488 g/mol. The van der Waals surface area contributed by atoms with Crippen molar-refractivity contribution in [1.82, 2.24) is 15.2 Å². The summed E-state index contributed by atoms with van der Waals surface area (Å²) in [6, 6.07) is 8.13. The molecule has 1 aromatic carbocycles. The van der Waals surface area contributed by atoms with E-state index in [1.54, 1.807) is 11.3 Å². The standard InChI is InChI=1S/C19H28N4OS.HI/c1-6-20-19(23(5)12-17-13-25-15(4)22-17)21-11-16-7-9-18(10-8-16)24-14(2)3;/h7-10,13-14H,6,11-12H2,1-5H3,(H,20,21);1H. The van der Waals surface area contributed by atoms with Crippen LogP contribution >= 0.6 is 35.3 Å². The minimum atomic E-state index is 0. The minimum Gasteiger partial charge on any atom is -0.491 e. The lowest BCUT2D eigenvalue weighted by molar-refractivity contribution is 0.242. The van der Waals surface area contributed by atoms with Gasteiger partial charge in [0, 0.05) is 19.0 Å². The molecule has 1 heterocycles. The first-order valence-electron chi connectivity index (χ1n) is 8.64. The molecular formula is C19H29IN4OS. The SMILES string of the molecule is CCNC(=NCc1ccc(OC(C)C)cc1)N(C)Cc1csc(C)n1.I. The third-order valence-electron chi connectivity index (χ3n) is 3.47. The molecule has 0 saturated carbocycles. The van der Waals surface area contributed by atoms with E-state index in [1.807, 2.05) is 40.0 Å². The lowest BCUT2D eigenvalue weighted by Crippen LogP contribution is -2.38. The van der Waals surface area contributed by atoms with E-state index in [0.717, 1.165) is 41.1 Å². The number of hydrogen-bond donors (Lipinski definition) is 1. The average Bonchev–Trinajstić information content (AvgIpc) is 2.97. The molecule has 0 bridgehead atoms. The molecule has 0 aliphatic carbocycles. The van der Waals surface area contributed by atoms with Crippen LogP contribution in [0.4, 0.5) is 0 Å². The number of benzene rings is 1. The molecule has 2 aromatic rings. The van der Waals surface area contributed by atoms with Gasteiger partial charge in [0.05, 0.1) is 29.9 Å². The van der Waals surface area contributed by atoms with Crippen LogP contribution in [-0.2, 0) is 13.1 Å². The quantitative estimate of drug-likeness (QED) is 0.356. The van der Waals surface area contributed by atoms with Crippen molar-refractivity contribution in [3.05, 3.63) is 45.9 Å². The predicted molar refractivity (Wildman–Crippen MR) is 121 cm³/mol. The van der Waals surface area contributed by atoms with Crippen molar-refractivity contribution in [3.8, 4) is 5.75 Å². The number of nitrogens with zero attached hydrogens (tertiary/aromatic N) is 3. The number of rotatable bonds is 7. The van der Waals surface area contributed by atoms with Crippen LogP contribution in [0.5, 0.6) is 5.75 Å². The Balaban J connectivity index is 0.00000338. The molecule has 144 valence electrons. The molecule has 0 amide bonds. The highest BCUT2D eigenvalue weighted by Crippen LogP contribution is 2.15. The predicted octanol–water partition coefficient (Wildman–Crippen LogP) is 4.45. The van der Waals surface area contributed by atoms with Crippen molar-refractivity contribution in [1.29, 1.82) is 0 Å². The van der Waals surface area contributed by atoms with Crippen LogP contribution in [0.3, 0.4) is 0 Å². The smallest absolute Gasteiger partial charge is 0.194 e. The van der Waals surface area contributed by atoms with Crippen LogP contribution in [0, 0.1) is 6.92 Å². The molecule has 0 atom stereocenters. The Bertz CT molecular complexity index is 685. The Kier molecular flexibility index (Phi) is 9.93. The Morgan fingerprint density at radius 1 is 1.31 bits per heavy atom. The van der Waals surface area contributed by atoms with Gasteiger partial charge in [0.25, 0.3) is 0 Å². The summed E-state index contributed by atoms with van der Waals surface area (Å²) in [4.78, 5) is 11.4. The molecule has 7 heteroatoms. The number of halogens is 1. The maximum Gasteiger partial charge on any atom is 0.194 e. The summed E-state index contributed by atoms with van der Waals surface area (Å²) < 4.78 is 5.68. The van der Waals surface area contributed by atoms with E-state index in [9.17, 15) is 0 Å². The first kappa shape index (κ1) is 22.7. The van der Waals surface area contributed by atoms with Crippen molar-refractivity contribution < 1.29 is 4.74 Å². The first-order valence-corrected chi connectivity index (χ1v) is 9.52. The molecular weight excluding hydrogens is 459 g/mol. The van der Waals surface area contributed by atoms with Gasteiger partial charge >= 0.3 is 0 Å². The van der Waals surface area contributed by atoms with Gasteiger partial charge in [-0.2, -0.15) is 0 Å². The Morgan fingerprint density at radius 2 is 2.00 bits per heavy atom. The van der Waals surface area contributed by atoms with Gasteiger partial charge in [-0.25, -0.2) is 9.98 Å². The van der Waals surface area contributed by atoms with Crippen molar-refractivity contribution in [2.24, 2.45) is 4.99 Å². The molecule has 0 aliphatic heterocycles. The van der Waals surface area contributed by atoms with Crippen molar-refractivity contribution in [2.45, 2.75) is 46.9 Å². The van der Waals surface area contributed by atoms with Gasteiger partial charge in [-0.05, 0) is 45.4 Å². The number of nitrogens with one attached hydrogen (secondary N) is 1. The molecule has 0 radical (unpaired) electrons. The van der Waals surface area contributed by atoms with E-state index in [4.69, 9.17) is 9.73 Å². The zero-order chi connectivity index (χ0) is 18.2. The third kappa shape index (κ3) is 7.49. The molecule has 0 unspecified atom stereocenters. The van der Waals surface area contributed by atoms with Crippen LogP contribution in [0.2, 0.25) is 0 Å². The van der Waals surface area contributed by atoms with E-state index in [0.29, 0.717) is 6.54 Å². The molecule has 1 aromatic heterocycles. The molecule has 2 rings (SSSR count). The lowest BCUT2D eigenvalue weighted by Gasteiger charge is -2.21. The van der Waals surface area contributed by atoms with Crippen LogP contribution in [-0.4, -0.2) is 35.5 Å². The summed E-state index contributed by atoms with van der Waals surface area (Å²) in [6.07, 6.45) is 0.187. The normalized spacial score (nSPS) is 11.2. The third-order valence-corrected chi connectivity index (χ3v) is 4.29.